The number of hydrogen-bond donors (Lipinski definition) is 2. The zero-order chi connectivity index (χ0) is 17.0. The van der Waals surface area contributed by atoms with Crippen LogP contribution >= 0.6 is 0 Å². The van der Waals surface area contributed by atoms with Crippen LogP contribution in [-0.2, 0) is 19.7 Å². The second-order valence-corrected chi connectivity index (χ2v) is 8.41. The summed E-state index contributed by atoms with van der Waals surface area (Å²) in [7, 11) is 0.724. The van der Waals surface area contributed by atoms with Gasteiger partial charge in [0.1, 0.15) is 0 Å². The molecule has 1 atom stereocenters. The Morgan fingerprint density at radius 2 is 1.96 bits per heavy atom. The Labute approximate surface area is 141 Å². The van der Waals surface area contributed by atoms with E-state index in [4.69, 9.17) is 19.0 Å². The summed E-state index contributed by atoms with van der Waals surface area (Å²) in [6.45, 7) is 5.02. The first-order valence-electron chi connectivity index (χ1n) is 8.04. The van der Waals surface area contributed by atoms with Crippen LogP contribution in [0.2, 0.25) is 6.04 Å². The van der Waals surface area contributed by atoms with Crippen molar-refractivity contribution in [1.82, 2.24) is 5.32 Å². The summed E-state index contributed by atoms with van der Waals surface area (Å²) < 4.78 is 17.1. The smallest absolute Gasteiger partial charge is 0.391 e. The van der Waals surface area contributed by atoms with Gasteiger partial charge in [0.2, 0.25) is 0 Å². The van der Waals surface area contributed by atoms with Crippen molar-refractivity contribution in [2.45, 2.75) is 31.3 Å². The lowest BCUT2D eigenvalue weighted by molar-refractivity contribution is 0.0947. The van der Waals surface area contributed by atoms with Crippen molar-refractivity contribution in [3.63, 3.8) is 0 Å². The predicted octanol–water partition coefficient (Wildman–Crippen LogP) is 2.32. The fourth-order valence-electron chi connectivity index (χ4n) is 2.37. The summed E-state index contributed by atoms with van der Waals surface area (Å²) in [4.78, 5) is 0. The molecule has 0 fully saturated rings. The van der Waals surface area contributed by atoms with Crippen molar-refractivity contribution in [3.05, 3.63) is 48.7 Å². The lowest BCUT2D eigenvalue weighted by Gasteiger charge is -2.27. The molecule has 130 valence electrons. The highest BCUT2D eigenvalue weighted by molar-refractivity contribution is 6.60. The van der Waals surface area contributed by atoms with Crippen LogP contribution in [0.4, 0.5) is 0 Å². The monoisotopic (exact) mass is 338 g/mol. The van der Waals surface area contributed by atoms with Crippen LogP contribution < -0.4 is 11.1 Å². The van der Waals surface area contributed by atoms with Gasteiger partial charge >= 0.3 is 8.80 Å². The van der Waals surface area contributed by atoms with Gasteiger partial charge in [-0.25, -0.2) is 0 Å². The number of nitrogens with one attached hydrogen (secondary N) is 1. The molecule has 0 aromatic heterocycles. The summed E-state index contributed by atoms with van der Waals surface area (Å²) in [5.74, 6) is 0. The quantitative estimate of drug-likeness (QED) is 0.427. The topological polar surface area (TPSA) is 65.7 Å². The van der Waals surface area contributed by atoms with E-state index in [0.29, 0.717) is 6.61 Å². The van der Waals surface area contributed by atoms with Crippen LogP contribution in [0.3, 0.4) is 0 Å². The molecule has 0 aliphatic heterocycles. The third kappa shape index (κ3) is 7.76. The molecular weight excluding hydrogens is 308 g/mol. The minimum absolute atomic E-state index is 0.0697. The van der Waals surface area contributed by atoms with Gasteiger partial charge in [-0.3, -0.25) is 0 Å². The largest absolute Gasteiger partial charge is 0.500 e. The average Bonchev–Trinajstić information content (AvgIpc) is 2.58. The number of hydrogen-bond acceptors (Lipinski definition) is 5. The Morgan fingerprint density at radius 1 is 1.26 bits per heavy atom. The third-order valence-corrected chi connectivity index (χ3v) is 6.58. The highest BCUT2D eigenvalue weighted by atomic mass is 28.4. The van der Waals surface area contributed by atoms with Gasteiger partial charge in [0.25, 0.3) is 0 Å². The van der Waals surface area contributed by atoms with E-state index < -0.39 is 8.80 Å². The number of benzene rings is 1. The summed E-state index contributed by atoms with van der Waals surface area (Å²) in [5, 5.41) is 3.07. The zero-order valence-electron chi connectivity index (χ0n) is 14.3. The van der Waals surface area contributed by atoms with E-state index in [0.717, 1.165) is 31.9 Å². The van der Waals surface area contributed by atoms with Crippen molar-refractivity contribution < 1.29 is 13.3 Å². The number of nitrogens with two attached hydrogens (primary N) is 1. The molecule has 6 heteroatoms. The van der Waals surface area contributed by atoms with Crippen molar-refractivity contribution in [1.29, 1.82) is 0 Å². The van der Waals surface area contributed by atoms with E-state index >= 15 is 0 Å². The molecule has 0 saturated heterocycles. The third-order valence-electron chi connectivity index (χ3n) is 3.72. The van der Waals surface area contributed by atoms with Crippen LogP contribution in [0, 0.1) is 0 Å². The molecule has 5 nitrogen and oxygen atoms in total. The molecule has 0 amide bonds. The maximum Gasteiger partial charge on any atom is 0.500 e. The molecule has 1 aromatic carbocycles. The van der Waals surface area contributed by atoms with Crippen LogP contribution in [0.5, 0.6) is 0 Å². The minimum Gasteiger partial charge on any atom is -0.391 e. The Kier molecular flexibility index (Phi) is 9.82. The summed E-state index contributed by atoms with van der Waals surface area (Å²) in [5.41, 5.74) is 7.44. The summed E-state index contributed by atoms with van der Waals surface area (Å²) >= 11 is 0. The van der Waals surface area contributed by atoms with Gasteiger partial charge < -0.3 is 24.3 Å². The maximum absolute atomic E-state index is 6.19. The van der Waals surface area contributed by atoms with Gasteiger partial charge in [-0.1, -0.05) is 36.9 Å². The van der Waals surface area contributed by atoms with Gasteiger partial charge in [-0.05, 0) is 31.0 Å². The Hall–Kier alpha value is -1.18. The van der Waals surface area contributed by atoms with Gasteiger partial charge in [-0.2, -0.15) is 0 Å². The van der Waals surface area contributed by atoms with Crippen LogP contribution in [0.25, 0.3) is 0 Å². The normalized spacial score (nSPS) is 12.8. The predicted molar refractivity (Wildman–Crippen MR) is 96.1 cm³/mol. The lowest BCUT2D eigenvalue weighted by atomic mass is 10.0. The van der Waals surface area contributed by atoms with Crippen molar-refractivity contribution in [2.24, 2.45) is 5.73 Å². The molecule has 0 bridgehead atoms. The van der Waals surface area contributed by atoms with Crippen LogP contribution in [0.1, 0.15) is 18.4 Å². The Morgan fingerprint density at radius 3 is 2.57 bits per heavy atom. The molecule has 0 radical (unpaired) electrons. The molecule has 0 aliphatic rings. The summed E-state index contributed by atoms with van der Waals surface area (Å²) in [6, 6.07) is 11.1. The zero-order valence-corrected chi connectivity index (χ0v) is 15.3. The molecule has 0 spiro atoms. The molecular formula is C17H30N2O3Si. The van der Waals surface area contributed by atoms with Crippen LogP contribution in [-0.4, -0.2) is 42.2 Å². The van der Waals surface area contributed by atoms with E-state index in [9.17, 15) is 0 Å². The van der Waals surface area contributed by atoms with Gasteiger partial charge in [0.05, 0.1) is 0 Å². The van der Waals surface area contributed by atoms with E-state index in [1.807, 2.05) is 18.2 Å². The second-order valence-electron chi connectivity index (χ2n) is 5.44. The average molecular weight is 339 g/mol. The standard InChI is InChI=1S/C17H30N2O3Si/c1-4-19-12-8-14-23(20-2,21-3)22-13-11-17(18)15-16-9-6-5-7-10-16/h4-7,9-10,17,19H,1,8,11-15,18H2,2-3H3. The molecule has 1 aromatic rings. The first-order chi connectivity index (χ1) is 11.2. The summed E-state index contributed by atoms with van der Waals surface area (Å²) in [6.07, 6.45) is 4.23. The van der Waals surface area contributed by atoms with E-state index in [1.54, 1.807) is 20.4 Å². The van der Waals surface area contributed by atoms with Crippen LogP contribution in [0.15, 0.2) is 43.1 Å². The Balaban J connectivity index is 2.34. The van der Waals surface area contributed by atoms with E-state index in [1.165, 1.54) is 5.56 Å². The highest BCUT2D eigenvalue weighted by Crippen LogP contribution is 2.16. The van der Waals surface area contributed by atoms with Gasteiger partial charge in [0, 0.05) is 39.5 Å². The van der Waals surface area contributed by atoms with Crippen molar-refractivity contribution in [2.75, 3.05) is 27.4 Å². The van der Waals surface area contributed by atoms with Gasteiger partial charge in [-0.15, -0.1) is 0 Å². The van der Waals surface area contributed by atoms with E-state index in [2.05, 4.69) is 24.0 Å². The van der Waals surface area contributed by atoms with Crippen molar-refractivity contribution >= 4 is 8.80 Å². The molecule has 0 saturated carbocycles. The fraction of sp³-hybridized carbons (Fsp3) is 0.529. The van der Waals surface area contributed by atoms with Gasteiger partial charge in [0.15, 0.2) is 0 Å². The SMILES string of the molecule is C=CNCCC[Si](OC)(OC)OCCC(N)Cc1ccccc1. The molecule has 1 unspecified atom stereocenters. The molecule has 3 N–H and O–H groups in total. The fourth-order valence-corrected chi connectivity index (χ4v) is 4.36. The molecule has 0 aliphatic carbocycles. The molecule has 23 heavy (non-hydrogen) atoms. The lowest BCUT2D eigenvalue weighted by Crippen LogP contribution is -2.45. The number of rotatable bonds is 13. The maximum atomic E-state index is 6.19. The molecule has 0 heterocycles. The second kappa shape index (κ2) is 11.4. The van der Waals surface area contributed by atoms with Crippen molar-refractivity contribution in [3.8, 4) is 0 Å². The van der Waals surface area contributed by atoms with E-state index in [-0.39, 0.29) is 6.04 Å². The first kappa shape index (κ1) is 19.9. The first-order valence-corrected chi connectivity index (χ1v) is 9.97. The Bertz CT molecular complexity index is 427. The minimum atomic E-state index is -2.58. The molecule has 1 rings (SSSR count). The highest BCUT2D eigenvalue weighted by Gasteiger charge is 2.38.